The van der Waals surface area contributed by atoms with Crippen LogP contribution < -0.4 is 22.1 Å². The summed E-state index contributed by atoms with van der Waals surface area (Å²) in [5.41, 5.74) is 13.7. The van der Waals surface area contributed by atoms with Crippen LogP contribution in [0.3, 0.4) is 0 Å². The quantitative estimate of drug-likeness (QED) is 0.284. The fraction of sp³-hybridized carbons (Fsp3) is 0.667. The average molecular weight is 515 g/mol. The lowest BCUT2D eigenvalue weighted by atomic mass is 9.95. The third kappa shape index (κ3) is 9.02. The van der Waals surface area contributed by atoms with Crippen LogP contribution in [0.25, 0.3) is 5.70 Å². The topological polar surface area (TPSA) is 135 Å². The number of rotatable bonds is 9. The van der Waals surface area contributed by atoms with Crippen molar-refractivity contribution in [2.24, 2.45) is 11.5 Å². The minimum atomic E-state index is -0.506. The highest BCUT2D eigenvalue weighted by atomic mass is 16.6. The maximum atomic E-state index is 12.3. The molecule has 0 unspecified atom stereocenters. The van der Waals surface area contributed by atoms with Crippen LogP contribution >= 0.6 is 0 Å². The van der Waals surface area contributed by atoms with E-state index >= 15 is 0 Å². The molecule has 10 heteroatoms. The van der Waals surface area contributed by atoms with E-state index in [0.29, 0.717) is 49.7 Å². The smallest absolute Gasteiger partial charge is 0.410 e. The summed E-state index contributed by atoms with van der Waals surface area (Å²) in [7, 11) is 0. The Bertz CT molecular complexity index is 942. The third-order valence-electron chi connectivity index (χ3n) is 6.59. The van der Waals surface area contributed by atoms with E-state index < -0.39 is 5.60 Å². The van der Waals surface area contributed by atoms with Gasteiger partial charge in [-0.15, -0.1) is 0 Å². The molecule has 0 aromatic carbocycles. The minimum absolute atomic E-state index is 0.288. The number of unbranched alkanes of at least 4 members (excludes halogenated alkanes) is 1. The first kappa shape index (κ1) is 28.4. The van der Waals surface area contributed by atoms with Crippen molar-refractivity contribution in [1.82, 2.24) is 19.8 Å². The number of carbonyl (C=O) groups is 1. The zero-order chi connectivity index (χ0) is 26.8. The first-order valence-corrected chi connectivity index (χ1v) is 13.7. The number of hydrogen-bond acceptors (Lipinski definition) is 9. The number of anilines is 2. The molecule has 2 aliphatic rings. The van der Waals surface area contributed by atoms with Crippen molar-refractivity contribution in [3.05, 3.63) is 29.7 Å². The lowest BCUT2D eigenvalue weighted by Gasteiger charge is -2.36. The molecule has 3 rings (SSSR count). The molecule has 1 aliphatic carbocycles. The Morgan fingerprint density at radius 3 is 2.43 bits per heavy atom. The molecular weight excluding hydrogens is 468 g/mol. The lowest BCUT2D eigenvalue weighted by Crippen LogP contribution is -2.50. The Kier molecular flexibility index (Phi) is 10.3. The molecular formula is C27H46N8O2. The summed E-state index contributed by atoms with van der Waals surface area (Å²) in [5.74, 6) is 1.97. The molecule has 1 amide bonds. The largest absolute Gasteiger partial charge is 0.444 e. The number of nitrogens with zero attached hydrogens (tertiary/aromatic N) is 4. The number of nitrogens with one attached hydrogen (secondary N) is 2. The van der Waals surface area contributed by atoms with E-state index in [-0.39, 0.29) is 6.09 Å². The van der Waals surface area contributed by atoms with E-state index in [1.807, 2.05) is 37.8 Å². The van der Waals surface area contributed by atoms with Crippen molar-refractivity contribution in [3.63, 3.8) is 0 Å². The summed E-state index contributed by atoms with van der Waals surface area (Å²) in [5, 5.41) is 6.93. The summed E-state index contributed by atoms with van der Waals surface area (Å²) < 4.78 is 5.48. The molecule has 1 aromatic rings. The molecule has 1 saturated heterocycles. The molecule has 0 bridgehead atoms. The molecule has 37 heavy (non-hydrogen) atoms. The first-order chi connectivity index (χ1) is 17.7. The number of amides is 1. The molecule has 10 nitrogen and oxygen atoms in total. The van der Waals surface area contributed by atoms with Gasteiger partial charge in [0, 0.05) is 50.7 Å². The normalized spacial score (nSPS) is 18.1. The van der Waals surface area contributed by atoms with Crippen LogP contribution in [0.4, 0.5) is 16.6 Å². The predicted molar refractivity (Wildman–Crippen MR) is 150 cm³/mol. The fourth-order valence-electron chi connectivity index (χ4n) is 4.45. The SMILES string of the molecule is CCCCNc1ncc(/C(N)=C/C=C(\N)N2CCN(C(=O)OC(C)(C)C)CC2)c(NC2CCCCC2)n1. The number of ether oxygens (including phenoxy) is 1. The van der Waals surface area contributed by atoms with Crippen molar-refractivity contribution < 1.29 is 9.53 Å². The van der Waals surface area contributed by atoms with Gasteiger partial charge in [0.1, 0.15) is 11.4 Å². The zero-order valence-corrected chi connectivity index (χ0v) is 23.1. The Balaban J connectivity index is 1.67. The van der Waals surface area contributed by atoms with E-state index in [4.69, 9.17) is 21.2 Å². The van der Waals surface area contributed by atoms with Gasteiger partial charge in [-0.05, 0) is 52.2 Å². The van der Waals surface area contributed by atoms with Gasteiger partial charge in [-0.1, -0.05) is 32.6 Å². The van der Waals surface area contributed by atoms with Gasteiger partial charge in [-0.25, -0.2) is 9.78 Å². The molecule has 206 valence electrons. The molecule has 2 fully saturated rings. The highest BCUT2D eigenvalue weighted by Gasteiger charge is 2.26. The van der Waals surface area contributed by atoms with Crippen LogP contribution in [0.5, 0.6) is 0 Å². The molecule has 1 aliphatic heterocycles. The number of piperazine rings is 1. The van der Waals surface area contributed by atoms with Gasteiger partial charge in [0.05, 0.1) is 11.4 Å². The van der Waals surface area contributed by atoms with Crippen LogP contribution in [0.1, 0.15) is 78.2 Å². The molecule has 1 saturated carbocycles. The summed E-state index contributed by atoms with van der Waals surface area (Å²) in [6.07, 6.45) is 13.3. The predicted octanol–water partition coefficient (Wildman–Crippen LogP) is 4.09. The second-order valence-corrected chi connectivity index (χ2v) is 10.9. The first-order valence-electron chi connectivity index (χ1n) is 13.7. The molecule has 1 aromatic heterocycles. The Morgan fingerprint density at radius 1 is 1.11 bits per heavy atom. The summed E-state index contributed by atoms with van der Waals surface area (Å²) in [6, 6.07) is 0.389. The van der Waals surface area contributed by atoms with E-state index in [0.717, 1.165) is 43.6 Å². The number of carbonyl (C=O) groups excluding carboxylic acids is 1. The summed E-state index contributed by atoms with van der Waals surface area (Å²) in [6.45, 7) is 11.0. The second-order valence-electron chi connectivity index (χ2n) is 10.9. The standard InChI is InChI=1S/C27H46N8O2/c1-5-6-14-30-25-31-19-21(24(33-25)32-20-10-8-7-9-11-20)22(28)12-13-23(29)34-15-17-35(18-16-34)26(36)37-27(2,3)4/h12-13,19-20H,5-11,14-18,28-29H2,1-4H3,(H2,30,31,32,33)/b22-12-,23-13+. The summed E-state index contributed by atoms with van der Waals surface area (Å²) >= 11 is 0. The van der Waals surface area contributed by atoms with E-state index in [1.165, 1.54) is 19.3 Å². The number of nitrogens with two attached hydrogens (primary N) is 2. The van der Waals surface area contributed by atoms with E-state index in [1.54, 1.807) is 11.1 Å². The number of hydrogen-bond donors (Lipinski definition) is 4. The number of aromatic nitrogens is 2. The highest BCUT2D eigenvalue weighted by molar-refractivity contribution is 5.73. The van der Waals surface area contributed by atoms with Gasteiger partial charge in [0.2, 0.25) is 5.95 Å². The van der Waals surface area contributed by atoms with Crippen LogP contribution in [-0.4, -0.2) is 70.2 Å². The molecule has 0 radical (unpaired) electrons. The maximum Gasteiger partial charge on any atom is 0.410 e. The van der Waals surface area contributed by atoms with Gasteiger partial charge in [0.15, 0.2) is 0 Å². The Labute approximate surface area is 221 Å². The van der Waals surface area contributed by atoms with Crippen molar-refractivity contribution >= 4 is 23.6 Å². The van der Waals surface area contributed by atoms with Crippen molar-refractivity contribution in [2.45, 2.75) is 84.3 Å². The van der Waals surface area contributed by atoms with E-state index in [9.17, 15) is 4.79 Å². The lowest BCUT2D eigenvalue weighted by molar-refractivity contribution is 0.0168. The van der Waals surface area contributed by atoms with E-state index in [2.05, 4.69) is 22.5 Å². The van der Waals surface area contributed by atoms with Gasteiger partial charge in [0.25, 0.3) is 0 Å². The molecule has 6 N–H and O–H groups in total. The fourth-order valence-corrected chi connectivity index (χ4v) is 4.45. The minimum Gasteiger partial charge on any atom is -0.444 e. The average Bonchev–Trinajstić information content (AvgIpc) is 2.87. The molecule has 0 spiro atoms. The zero-order valence-electron chi connectivity index (χ0n) is 23.1. The van der Waals surface area contributed by atoms with Crippen molar-refractivity contribution in [1.29, 1.82) is 0 Å². The summed E-state index contributed by atoms with van der Waals surface area (Å²) in [4.78, 5) is 25.3. The molecule has 2 heterocycles. The Hall–Kier alpha value is -3.17. The van der Waals surface area contributed by atoms with Crippen LogP contribution in [-0.2, 0) is 4.74 Å². The van der Waals surface area contributed by atoms with Gasteiger partial charge >= 0.3 is 6.09 Å². The third-order valence-corrected chi connectivity index (χ3v) is 6.59. The van der Waals surface area contributed by atoms with Crippen LogP contribution in [0.15, 0.2) is 24.2 Å². The molecule has 0 atom stereocenters. The van der Waals surface area contributed by atoms with Gasteiger partial charge in [-0.3, -0.25) is 0 Å². The van der Waals surface area contributed by atoms with Gasteiger partial charge < -0.3 is 36.6 Å². The van der Waals surface area contributed by atoms with Crippen molar-refractivity contribution in [2.75, 3.05) is 43.4 Å². The highest BCUT2D eigenvalue weighted by Crippen LogP contribution is 2.25. The van der Waals surface area contributed by atoms with Crippen LogP contribution in [0.2, 0.25) is 0 Å². The maximum absolute atomic E-state index is 12.3. The second kappa shape index (κ2) is 13.4. The van der Waals surface area contributed by atoms with Crippen LogP contribution in [0, 0.1) is 0 Å². The van der Waals surface area contributed by atoms with Gasteiger partial charge in [-0.2, -0.15) is 4.98 Å². The Morgan fingerprint density at radius 2 is 1.78 bits per heavy atom. The van der Waals surface area contributed by atoms with Crippen molar-refractivity contribution in [3.8, 4) is 0 Å². The monoisotopic (exact) mass is 514 g/mol. The number of allylic oxidation sites excluding steroid dienone is 2.